The van der Waals surface area contributed by atoms with E-state index in [0.717, 1.165) is 61.8 Å². The van der Waals surface area contributed by atoms with Crippen LogP contribution in [0, 0.1) is 0 Å². The molecule has 1 aliphatic rings. The van der Waals surface area contributed by atoms with Crippen LogP contribution in [0.4, 0.5) is 0 Å². The lowest BCUT2D eigenvalue weighted by Gasteiger charge is -2.24. The van der Waals surface area contributed by atoms with Gasteiger partial charge in [0, 0.05) is 27.9 Å². The van der Waals surface area contributed by atoms with Crippen molar-refractivity contribution in [3.05, 3.63) is 230 Å². The second-order valence-corrected chi connectivity index (χ2v) is 17.8. The van der Waals surface area contributed by atoms with E-state index in [4.69, 9.17) is 9.97 Å². The molecule has 4 heteroatoms. The Morgan fingerprint density at radius 1 is 0.338 bits per heavy atom. The van der Waals surface area contributed by atoms with E-state index in [1.54, 1.807) is 0 Å². The van der Waals surface area contributed by atoms with Crippen molar-refractivity contribution >= 4 is 43.6 Å². The lowest BCUT2D eigenvalue weighted by atomic mass is 9.79. The van der Waals surface area contributed by atoms with Gasteiger partial charge in [0.25, 0.3) is 0 Å². The van der Waals surface area contributed by atoms with Crippen LogP contribution in [0.15, 0.2) is 218 Å². The van der Waals surface area contributed by atoms with Gasteiger partial charge in [-0.1, -0.05) is 166 Å². The van der Waals surface area contributed by atoms with Crippen LogP contribution in [0.3, 0.4) is 0 Å². The zero-order valence-corrected chi connectivity index (χ0v) is 36.1. The Balaban J connectivity index is 1.06. The number of imidazole rings is 2. The molecule has 0 saturated carbocycles. The zero-order valence-electron chi connectivity index (χ0n) is 36.1. The molecule has 13 rings (SSSR count). The number of rotatable bonds is 6. The molecule has 0 N–H and O–H groups in total. The van der Waals surface area contributed by atoms with Gasteiger partial charge in [-0.05, 0) is 133 Å². The smallest absolute Gasteiger partial charge is 0.145 e. The van der Waals surface area contributed by atoms with Crippen LogP contribution in [0.25, 0.3) is 111 Å². The summed E-state index contributed by atoms with van der Waals surface area (Å²) in [6.07, 6.45) is 0. The highest BCUT2D eigenvalue weighted by atomic mass is 15.1. The number of hydrogen-bond acceptors (Lipinski definition) is 2. The van der Waals surface area contributed by atoms with Crippen molar-refractivity contribution in [1.82, 2.24) is 19.1 Å². The third kappa shape index (κ3) is 5.70. The topological polar surface area (TPSA) is 35.6 Å². The molecule has 0 radical (unpaired) electrons. The lowest BCUT2D eigenvalue weighted by molar-refractivity contribution is 0.661. The Morgan fingerprint density at radius 3 is 1.48 bits per heavy atom. The first kappa shape index (κ1) is 37.2. The molecular formula is C61H42N4. The van der Waals surface area contributed by atoms with Crippen LogP contribution in [-0.4, -0.2) is 19.1 Å². The third-order valence-corrected chi connectivity index (χ3v) is 13.7. The summed E-state index contributed by atoms with van der Waals surface area (Å²) in [5, 5.41) is 4.90. The van der Waals surface area contributed by atoms with Gasteiger partial charge < -0.3 is 0 Å². The molecule has 1 aliphatic carbocycles. The Kier molecular flexibility index (Phi) is 8.22. The van der Waals surface area contributed by atoms with Crippen molar-refractivity contribution in [2.24, 2.45) is 0 Å². The van der Waals surface area contributed by atoms with Crippen molar-refractivity contribution < 1.29 is 0 Å². The summed E-state index contributed by atoms with van der Waals surface area (Å²) < 4.78 is 4.56. The van der Waals surface area contributed by atoms with Crippen molar-refractivity contribution in [3.8, 4) is 67.5 Å². The summed E-state index contributed by atoms with van der Waals surface area (Å²) in [5.41, 5.74) is 18.4. The first-order valence-electron chi connectivity index (χ1n) is 22.4. The van der Waals surface area contributed by atoms with Crippen LogP contribution in [0.5, 0.6) is 0 Å². The van der Waals surface area contributed by atoms with Gasteiger partial charge in [0.05, 0.1) is 22.1 Å². The van der Waals surface area contributed by atoms with E-state index < -0.39 is 0 Å². The fourth-order valence-electron chi connectivity index (χ4n) is 10.7. The summed E-state index contributed by atoms with van der Waals surface area (Å²) in [6, 6.07) is 79.0. The van der Waals surface area contributed by atoms with Gasteiger partial charge in [-0.25, -0.2) is 9.97 Å². The number of aromatic nitrogens is 4. The molecule has 2 aromatic heterocycles. The van der Waals surface area contributed by atoms with Gasteiger partial charge in [-0.2, -0.15) is 0 Å². The SMILES string of the molecule is CC1(C)c2ccccc2-c2cc3c(-c4ccc(-c5nc6ccccc6n5-c5ccccc5)cc4)c4ccccc4c(-c4cccc(-c5nc6ccccc6n5-c5ccccc5)c4)c3cc21. The molecule has 65 heavy (non-hydrogen) atoms. The number of fused-ring (bicyclic) bond motifs is 7. The molecule has 306 valence electrons. The van der Waals surface area contributed by atoms with Gasteiger partial charge in [0.15, 0.2) is 0 Å². The van der Waals surface area contributed by atoms with Crippen LogP contribution < -0.4 is 0 Å². The highest BCUT2D eigenvalue weighted by Gasteiger charge is 2.36. The molecular weight excluding hydrogens is 789 g/mol. The molecule has 0 bridgehead atoms. The van der Waals surface area contributed by atoms with Crippen molar-refractivity contribution in [2.75, 3.05) is 0 Å². The molecule has 0 amide bonds. The van der Waals surface area contributed by atoms with Gasteiger partial charge in [-0.3, -0.25) is 9.13 Å². The minimum absolute atomic E-state index is 0.169. The Morgan fingerprint density at radius 2 is 0.831 bits per heavy atom. The van der Waals surface area contributed by atoms with Gasteiger partial charge in [-0.15, -0.1) is 0 Å². The van der Waals surface area contributed by atoms with Crippen LogP contribution in [0.2, 0.25) is 0 Å². The maximum absolute atomic E-state index is 5.28. The quantitative estimate of drug-likeness (QED) is 0.157. The minimum Gasteiger partial charge on any atom is -0.292 e. The Hall–Kier alpha value is -8.34. The maximum atomic E-state index is 5.28. The molecule has 0 unspecified atom stereocenters. The van der Waals surface area contributed by atoms with E-state index in [-0.39, 0.29) is 5.41 Å². The number of hydrogen-bond donors (Lipinski definition) is 0. The van der Waals surface area contributed by atoms with Crippen molar-refractivity contribution in [2.45, 2.75) is 19.3 Å². The second-order valence-electron chi connectivity index (χ2n) is 17.8. The van der Waals surface area contributed by atoms with Crippen LogP contribution in [-0.2, 0) is 5.41 Å². The first-order chi connectivity index (χ1) is 32.0. The molecule has 0 aliphatic heterocycles. The minimum atomic E-state index is -0.169. The van der Waals surface area contributed by atoms with Crippen molar-refractivity contribution in [1.29, 1.82) is 0 Å². The molecule has 2 heterocycles. The maximum Gasteiger partial charge on any atom is 0.145 e. The fourth-order valence-corrected chi connectivity index (χ4v) is 10.7. The normalized spacial score (nSPS) is 12.9. The zero-order chi connectivity index (χ0) is 43.2. The predicted molar refractivity (Wildman–Crippen MR) is 270 cm³/mol. The number of nitrogens with zero attached hydrogens (tertiary/aromatic N) is 4. The van der Waals surface area contributed by atoms with Crippen LogP contribution >= 0.6 is 0 Å². The summed E-state index contributed by atoms with van der Waals surface area (Å²) in [4.78, 5) is 10.5. The first-order valence-corrected chi connectivity index (χ1v) is 22.4. The van der Waals surface area contributed by atoms with E-state index in [1.165, 1.54) is 60.5 Å². The van der Waals surface area contributed by atoms with Gasteiger partial charge >= 0.3 is 0 Å². The largest absolute Gasteiger partial charge is 0.292 e. The van der Waals surface area contributed by atoms with Gasteiger partial charge in [0.1, 0.15) is 11.6 Å². The van der Waals surface area contributed by atoms with E-state index in [2.05, 4.69) is 241 Å². The molecule has 0 spiro atoms. The van der Waals surface area contributed by atoms with E-state index in [9.17, 15) is 0 Å². The van der Waals surface area contributed by atoms with Crippen molar-refractivity contribution in [3.63, 3.8) is 0 Å². The highest BCUT2D eigenvalue weighted by Crippen LogP contribution is 2.53. The summed E-state index contributed by atoms with van der Waals surface area (Å²) in [5.74, 6) is 1.84. The van der Waals surface area contributed by atoms with E-state index >= 15 is 0 Å². The average molecular weight is 831 g/mol. The predicted octanol–water partition coefficient (Wildman–Crippen LogP) is 15.6. The Labute approximate surface area is 377 Å². The van der Waals surface area contributed by atoms with Gasteiger partial charge in [0.2, 0.25) is 0 Å². The molecule has 12 aromatic rings. The highest BCUT2D eigenvalue weighted by molar-refractivity contribution is 6.22. The summed E-state index contributed by atoms with van der Waals surface area (Å²) in [6.45, 7) is 4.75. The molecule has 4 nitrogen and oxygen atoms in total. The Bertz CT molecular complexity index is 3840. The number of para-hydroxylation sites is 6. The number of benzene rings is 10. The van der Waals surface area contributed by atoms with E-state index in [1.807, 2.05) is 0 Å². The average Bonchev–Trinajstić information content (AvgIpc) is 4.02. The monoisotopic (exact) mass is 830 g/mol. The molecule has 10 aromatic carbocycles. The summed E-state index contributed by atoms with van der Waals surface area (Å²) >= 11 is 0. The lowest BCUT2D eigenvalue weighted by Crippen LogP contribution is -2.14. The second kappa shape index (κ2) is 14.3. The van der Waals surface area contributed by atoms with Crippen LogP contribution in [0.1, 0.15) is 25.0 Å². The summed E-state index contributed by atoms with van der Waals surface area (Å²) in [7, 11) is 0. The molecule has 0 fully saturated rings. The molecule has 0 atom stereocenters. The fraction of sp³-hybridized carbons (Fsp3) is 0.0492. The molecule has 0 saturated heterocycles. The standard InChI is InChI=1S/C61H42N4/c1-61(2)51-27-12-11-24-45(51)48-37-49-50(38-52(48)61)58(41-18-17-19-42(36-41)60-63-54-29-14-16-31-56(54)65(60)44-22-7-4-8-23-44)47-26-10-9-25-46(47)57(49)39-32-34-40(35-33-39)59-62-53-28-13-15-30-55(53)64(59)43-20-5-3-6-21-43/h3-38H,1-2H3. The van der Waals surface area contributed by atoms with E-state index in [0.29, 0.717) is 0 Å². The third-order valence-electron chi connectivity index (χ3n) is 13.7.